The third kappa shape index (κ3) is 3.44. The molecule has 0 saturated heterocycles. The van der Waals surface area contributed by atoms with Crippen LogP contribution < -0.4 is 10.2 Å². The summed E-state index contributed by atoms with van der Waals surface area (Å²) in [5, 5.41) is 2.59. The maximum absolute atomic E-state index is 12.6. The molecule has 6 nitrogen and oxygen atoms in total. The van der Waals surface area contributed by atoms with E-state index in [1.807, 2.05) is 31.2 Å². The molecular formula is C20H20N2O4. The Kier molecular flexibility index (Phi) is 5.02. The lowest BCUT2D eigenvalue weighted by Crippen LogP contribution is -2.43. The first kappa shape index (κ1) is 17.7. The second kappa shape index (κ2) is 7.39. The second-order valence-corrected chi connectivity index (χ2v) is 6.11. The molecule has 134 valence electrons. The van der Waals surface area contributed by atoms with Crippen LogP contribution >= 0.6 is 0 Å². The highest BCUT2D eigenvalue weighted by Gasteiger charge is 2.34. The average Bonchev–Trinajstić information content (AvgIpc) is 2.97. The van der Waals surface area contributed by atoms with E-state index in [1.54, 1.807) is 31.2 Å². The third-order valence-electron chi connectivity index (χ3n) is 4.27. The predicted octanol–water partition coefficient (Wildman–Crippen LogP) is 2.78. The smallest absolute Gasteiger partial charge is 0.338 e. The number of hydrogen-bond donors (Lipinski definition) is 1. The Hall–Kier alpha value is -3.15. The topological polar surface area (TPSA) is 75.7 Å². The van der Waals surface area contributed by atoms with Crippen molar-refractivity contribution >= 4 is 29.2 Å². The van der Waals surface area contributed by atoms with Gasteiger partial charge in [0, 0.05) is 17.4 Å². The molecule has 0 fully saturated rings. The monoisotopic (exact) mass is 352 g/mol. The molecule has 1 heterocycles. The summed E-state index contributed by atoms with van der Waals surface area (Å²) in [5.41, 5.74) is 2.66. The van der Waals surface area contributed by atoms with Gasteiger partial charge in [0.1, 0.15) is 0 Å². The summed E-state index contributed by atoms with van der Waals surface area (Å²) in [6.07, 6.45) is 0.726. The number of benzene rings is 2. The number of amides is 2. The lowest BCUT2D eigenvalue weighted by molar-refractivity contribution is -0.134. The minimum atomic E-state index is -0.711. The summed E-state index contributed by atoms with van der Waals surface area (Å²) < 4.78 is 4.91. The molecular weight excluding hydrogens is 332 g/mol. The van der Waals surface area contributed by atoms with Crippen LogP contribution in [0.15, 0.2) is 48.5 Å². The first-order valence-electron chi connectivity index (χ1n) is 8.51. The SMILES string of the molecule is CCOC(=O)c1ccc(NC(=O)C(=O)N2c3ccccc3CC2C)cc1. The van der Waals surface area contributed by atoms with Crippen LogP contribution in [-0.2, 0) is 20.7 Å². The summed E-state index contributed by atoms with van der Waals surface area (Å²) in [7, 11) is 0. The highest BCUT2D eigenvalue weighted by Crippen LogP contribution is 2.31. The van der Waals surface area contributed by atoms with Crippen LogP contribution in [-0.4, -0.2) is 30.4 Å². The number of carbonyl (C=O) groups excluding carboxylic acids is 3. The normalized spacial score (nSPS) is 15.3. The zero-order chi connectivity index (χ0) is 18.7. The van der Waals surface area contributed by atoms with Crippen molar-refractivity contribution in [1.82, 2.24) is 0 Å². The van der Waals surface area contributed by atoms with E-state index in [0.717, 1.165) is 17.7 Å². The number of rotatable bonds is 3. The molecule has 0 aliphatic carbocycles. The summed E-state index contributed by atoms with van der Waals surface area (Å²) in [4.78, 5) is 38.2. The largest absolute Gasteiger partial charge is 0.462 e. The van der Waals surface area contributed by atoms with Crippen molar-refractivity contribution in [3.05, 3.63) is 59.7 Å². The van der Waals surface area contributed by atoms with Gasteiger partial charge in [0.2, 0.25) is 0 Å². The number of esters is 1. The number of hydrogen-bond acceptors (Lipinski definition) is 4. The van der Waals surface area contributed by atoms with Crippen LogP contribution in [0.25, 0.3) is 0 Å². The summed E-state index contributed by atoms with van der Waals surface area (Å²) >= 11 is 0. The summed E-state index contributed by atoms with van der Waals surface area (Å²) in [5.74, 6) is -1.74. The molecule has 1 aliphatic heterocycles. The molecule has 0 radical (unpaired) electrons. The minimum absolute atomic E-state index is 0.0724. The molecule has 0 saturated carbocycles. The number of ether oxygens (including phenoxy) is 1. The van der Waals surface area contributed by atoms with Gasteiger partial charge in [0.05, 0.1) is 12.2 Å². The van der Waals surface area contributed by atoms with Crippen LogP contribution in [0.3, 0.4) is 0 Å². The maximum Gasteiger partial charge on any atom is 0.338 e. The number of fused-ring (bicyclic) bond motifs is 1. The van der Waals surface area contributed by atoms with Crippen molar-refractivity contribution in [2.45, 2.75) is 26.3 Å². The van der Waals surface area contributed by atoms with Gasteiger partial charge in [-0.15, -0.1) is 0 Å². The van der Waals surface area contributed by atoms with Gasteiger partial charge in [0.25, 0.3) is 0 Å². The maximum atomic E-state index is 12.6. The van der Waals surface area contributed by atoms with Crippen molar-refractivity contribution in [2.24, 2.45) is 0 Å². The zero-order valence-corrected chi connectivity index (χ0v) is 14.7. The van der Waals surface area contributed by atoms with Crippen LogP contribution in [0, 0.1) is 0 Å². The molecule has 1 unspecified atom stereocenters. The Morgan fingerprint density at radius 3 is 2.50 bits per heavy atom. The van der Waals surface area contributed by atoms with Crippen molar-refractivity contribution < 1.29 is 19.1 Å². The quantitative estimate of drug-likeness (QED) is 0.681. The fraction of sp³-hybridized carbons (Fsp3) is 0.250. The number of para-hydroxylation sites is 1. The Morgan fingerprint density at radius 1 is 1.12 bits per heavy atom. The number of nitrogens with zero attached hydrogens (tertiary/aromatic N) is 1. The predicted molar refractivity (Wildman–Crippen MR) is 98.1 cm³/mol. The summed E-state index contributed by atoms with van der Waals surface area (Å²) in [6, 6.07) is 13.7. The average molecular weight is 352 g/mol. The van der Waals surface area contributed by atoms with Gasteiger partial charge in [-0.1, -0.05) is 18.2 Å². The van der Waals surface area contributed by atoms with E-state index in [1.165, 1.54) is 4.90 Å². The van der Waals surface area contributed by atoms with Gasteiger partial charge in [-0.05, 0) is 56.2 Å². The Bertz CT molecular complexity index is 845. The number of anilines is 2. The number of carbonyl (C=O) groups is 3. The van der Waals surface area contributed by atoms with Crippen LogP contribution in [0.1, 0.15) is 29.8 Å². The summed E-state index contributed by atoms with van der Waals surface area (Å²) in [6.45, 7) is 3.94. The number of nitrogens with one attached hydrogen (secondary N) is 1. The lowest BCUT2D eigenvalue weighted by Gasteiger charge is -2.22. The molecule has 2 aromatic carbocycles. The van der Waals surface area contributed by atoms with E-state index in [9.17, 15) is 14.4 Å². The van der Waals surface area contributed by atoms with E-state index in [-0.39, 0.29) is 6.04 Å². The molecule has 2 aromatic rings. The van der Waals surface area contributed by atoms with Crippen LogP contribution in [0.5, 0.6) is 0 Å². The molecule has 1 atom stereocenters. The molecule has 1 N–H and O–H groups in total. The molecule has 3 rings (SSSR count). The molecule has 0 aromatic heterocycles. The molecule has 0 bridgehead atoms. The first-order chi connectivity index (χ1) is 12.5. The van der Waals surface area contributed by atoms with Gasteiger partial charge in [-0.25, -0.2) is 4.79 Å². The van der Waals surface area contributed by atoms with Gasteiger partial charge < -0.3 is 15.0 Å². The van der Waals surface area contributed by atoms with E-state index < -0.39 is 17.8 Å². The van der Waals surface area contributed by atoms with E-state index in [0.29, 0.717) is 17.9 Å². The Labute approximate surface area is 151 Å². The van der Waals surface area contributed by atoms with Gasteiger partial charge in [0.15, 0.2) is 0 Å². The van der Waals surface area contributed by atoms with Crippen LogP contribution in [0.2, 0.25) is 0 Å². The van der Waals surface area contributed by atoms with Gasteiger partial charge >= 0.3 is 17.8 Å². The first-order valence-corrected chi connectivity index (χ1v) is 8.51. The van der Waals surface area contributed by atoms with E-state index in [2.05, 4.69) is 5.32 Å². The molecule has 1 aliphatic rings. The highest BCUT2D eigenvalue weighted by molar-refractivity contribution is 6.44. The fourth-order valence-corrected chi connectivity index (χ4v) is 3.07. The van der Waals surface area contributed by atoms with Gasteiger partial charge in [-0.2, -0.15) is 0 Å². The molecule has 6 heteroatoms. The fourth-order valence-electron chi connectivity index (χ4n) is 3.07. The molecule has 0 spiro atoms. The van der Waals surface area contributed by atoms with Crippen molar-refractivity contribution in [3.8, 4) is 0 Å². The zero-order valence-electron chi connectivity index (χ0n) is 14.7. The highest BCUT2D eigenvalue weighted by atomic mass is 16.5. The Morgan fingerprint density at radius 2 is 1.81 bits per heavy atom. The van der Waals surface area contributed by atoms with Crippen molar-refractivity contribution in [1.29, 1.82) is 0 Å². The van der Waals surface area contributed by atoms with Crippen LogP contribution in [0.4, 0.5) is 11.4 Å². The minimum Gasteiger partial charge on any atom is -0.462 e. The molecule has 2 amide bonds. The van der Waals surface area contributed by atoms with Crippen molar-refractivity contribution in [3.63, 3.8) is 0 Å². The van der Waals surface area contributed by atoms with Crippen molar-refractivity contribution in [2.75, 3.05) is 16.8 Å². The standard InChI is InChI=1S/C20H20N2O4/c1-3-26-20(25)14-8-10-16(11-9-14)21-18(23)19(24)22-13(2)12-15-6-4-5-7-17(15)22/h4-11,13H,3,12H2,1-2H3,(H,21,23). The van der Waals surface area contributed by atoms with Gasteiger partial charge in [-0.3, -0.25) is 9.59 Å². The Balaban J connectivity index is 1.70. The third-order valence-corrected chi connectivity index (χ3v) is 4.27. The second-order valence-electron chi connectivity index (χ2n) is 6.11. The molecule has 26 heavy (non-hydrogen) atoms. The van der Waals surface area contributed by atoms with E-state index >= 15 is 0 Å². The van der Waals surface area contributed by atoms with E-state index in [4.69, 9.17) is 4.74 Å². The lowest BCUT2D eigenvalue weighted by atomic mass is 10.1.